The molecule has 138 heavy (non-hydrogen) atoms. The lowest BCUT2D eigenvalue weighted by molar-refractivity contribution is 0.666. The number of fused-ring (bicyclic) bond motifs is 21. The van der Waals surface area contributed by atoms with E-state index in [2.05, 4.69) is 402 Å². The van der Waals surface area contributed by atoms with E-state index in [1.54, 1.807) is 0 Å². The lowest BCUT2D eigenvalue weighted by atomic mass is 10.00. The lowest BCUT2D eigenvalue weighted by Gasteiger charge is -2.11. The second-order valence-electron chi connectivity index (χ2n) is 34.9. The second kappa shape index (κ2) is 32.6. The molecule has 29 rings (SSSR count). The molecule has 0 bridgehead atoms. The lowest BCUT2D eigenvalue weighted by Crippen LogP contribution is -1.95. The van der Waals surface area contributed by atoms with Crippen molar-refractivity contribution >= 4 is 164 Å². The van der Waals surface area contributed by atoms with Crippen LogP contribution in [0.5, 0.6) is 0 Å². The van der Waals surface area contributed by atoms with E-state index in [1.165, 1.54) is 54.6 Å². The number of para-hydroxylation sites is 10. The molecule has 644 valence electrons. The first-order chi connectivity index (χ1) is 68.5. The van der Waals surface area contributed by atoms with E-state index < -0.39 is 0 Å². The number of hydrogen-bond donors (Lipinski definition) is 0. The summed E-state index contributed by atoms with van der Waals surface area (Å²) in [6.07, 6.45) is 0. The number of aromatic nitrogens is 9. The van der Waals surface area contributed by atoms with Crippen LogP contribution in [0.15, 0.2) is 480 Å². The van der Waals surface area contributed by atoms with Gasteiger partial charge in [-0.3, -0.25) is 0 Å². The van der Waals surface area contributed by atoms with Crippen LogP contribution in [0, 0.1) is 0 Å². The molecule has 0 amide bonds. The van der Waals surface area contributed by atoms with Crippen LogP contribution in [0.1, 0.15) is 0 Å². The Morgan fingerprint density at radius 2 is 0.420 bits per heavy atom. The van der Waals surface area contributed by atoms with Crippen molar-refractivity contribution in [2.24, 2.45) is 0 Å². The van der Waals surface area contributed by atoms with E-state index in [-0.39, 0.29) is 0 Å². The van der Waals surface area contributed by atoms with Crippen molar-refractivity contribution in [3.63, 3.8) is 0 Å². The van der Waals surface area contributed by atoms with Crippen LogP contribution < -0.4 is 0 Å². The Morgan fingerprint density at radius 3 is 0.775 bits per heavy atom. The zero-order chi connectivity index (χ0) is 90.8. The first-order valence-corrected chi connectivity index (χ1v) is 46.5. The molecule has 12 heteroatoms. The Kier molecular flexibility index (Phi) is 18.7. The molecular formula is C126H77N9O3. The monoisotopic (exact) mass is 1760 g/mol. The molecule has 0 N–H and O–H groups in total. The van der Waals surface area contributed by atoms with E-state index in [0.29, 0.717) is 17.5 Å². The summed E-state index contributed by atoms with van der Waals surface area (Å²) in [6.45, 7) is 0. The van der Waals surface area contributed by atoms with E-state index in [4.69, 9.17) is 43.2 Å². The maximum absolute atomic E-state index is 6.84. The number of furan rings is 3. The minimum atomic E-state index is 0.703. The minimum absolute atomic E-state index is 0.703. The average Bonchev–Trinajstić information content (AvgIpc) is 1.57. The predicted octanol–water partition coefficient (Wildman–Crippen LogP) is 33.2. The minimum Gasteiger partial charge on any atom is -0.454 e. The van der Waals surface area contributed by atoms with Crippen LogP contribution >= 0.6 is 0 Å². The number of nitrogens with zero attached hydrogens (tertiary/aromatic N) is 9. The van der Waals surface area contributed by atoms with Crippen LogP contribution in [0.3, 0.4) is 0 Å². The SMILES string of the molecule is c1ccc(-c2ccc3c(c2)c2ccccc2n3-c2cccc3c2oc2cccc(-c4nc(-c5ccccc5)nc5ccccc45)c23)cc1.c1ccc(-c2ccc3c4ccccc4n(-c4cccc5c4oc4cccc(-c6nc(-c7ccccc7)nc7ccccc67)c45)c3c2)cc1.c1ccc(-c2nc(-c3cccc4oc5c(-n6c7ccccc7c7ccccc76)cccc5c34)c3ccccc3n2)cc1. The van der Waals surface area contributed by atoms with E-state index in [1.807, 2.05) is 78.9 Å². The van der Waals surface area contributed by atoms with Gasteiger partial charge in [0.2, 0.25) is 0 Å². The summed E-state index contributed by atoms with van der Waals surface area (Å²) in [7, 11) is 0. The van der Waals surface area contributed by atoms with Crippen molar-refractivity contribution in [3.8, 4) is 107 Å². The fourth-order valence-electron chi connectivity index (χ4n) is 20.9. The first-order valence-electron chi connectivity index (χ1n) is 46.5. The summed E-state index contributed by atoms with van der Waals surface area (Å²) in [5, 5.41) is 16.6. The van der Waals surface area contributed by atoms with Gasteiger partial charge in [-0.15, -0.1) is 0 Å². The third-order valence-electron chi connectivity index (χ3n) is 27.0. The van der Waals surface area contributed by atoms with Crippen molar-refractivity contribution in [2.45, 2.75) is 0 Å². The predicted molar refractivity (Wildman–Crippen MR) is 567 cm³/mol. The standard InChI is InChI=1S/2C44H27N3O.C38H23N3O/c1-3-13-28(14-4-1)30-25-26-32-31-17-8-10-22-37(31)47(39(32)27-30)38-23-11-20-35-41-34(19-12-24-40(41)48-43(35)38)42-33-18-7-9-21-36(33)45-44(46-42)29-15-5-2-6-16-29;1-3-13-28(14-4-1)30-25-26-38-35(27-30)31-17-8-10-22-37(31)47(38)39-23-11-20-34-41-33(19-12-24-40(41)48-43(34)39)42-32-18-7-9-21-36(32)45-44(46-42)29-15-5-2-6-16-29;1-2-12-24(13-3-1)38-39-30-19-7-4-16-27(30)36(40-38)28-17-11-23-34-35(28)29-18-10-22-33(37(29)42-34)41-31-20-8-5-14-25(31)26-15-6-9-21-32(26)41/h2*1-27H;1-23H. The van der Waals surface area contributed by atoms with Crippen LogP contribution in [-0.4, -0.2) is 43.6 Å². The van der Waals surface area contributed by atoms with Gasteiger partial charge in [-0.1, -0.05) is 370 Å². The fourth-order valence-corrected chi connectivity index (χ4v) is 20.9. The normalized spacial score (nSPS) is 11.8. The highest BCUT2D eigenvalue weighted by Gasteiger charge is 2.28. The topological polar surface area (TPSA) is 132 Å². The van der Waals surface area contributed by atoms with Gasteiger partial charge in [-0.2, -0.15) is 0 Å². The highest BCUT2D eigenvalue weighted by molar-refractivity contribution is 6.22. The Morgan fingerprint density at radius 1 is 0.159 bits per heavy atom. The maximum atomic E-state index is 6.84. The van der Waals surface area contributed by atoms with Crippen LogP contribution in [0.4, 0.5) is 0 Å². The third kappa shape index (κ3) is 13.1. The van der Waals surface area contributed by atoms with Gasteiger partial charge in [0.25, 0.3) is 0 Å². The van der Waals surface area contributed by atoms with Gasteiger partial charge in [0.05, 0.1) is 83.8 Å². The van der Waals surface area contributed by atoms with E-state index in [0.717, 1.165) is 199 Å². The molecule has 9 heterocycles. The molecule has 0 radical (unpaired) electrons. The maximum Gasteiger partial charge on any atom is 0.160 e. The highest BCUT2D eigenvalue weighted by Crippen LogP contribution is 2.49. The van der Waals surface area contributed by atoms with Gasteiger partial charge < -0.3 is 27.0 Å². The smallest absolute Gasteiger partial charge is 0.160 e. The molecule has 0 aliphatic heterocycles. The molecule has 20 aromatic carbocycles. The van der Waals surface area contributed by atoms with Gasteiger partial charge in [0, 0.05) is 114 Å². The molecule has 0 saturated heterocycles. The third-order valence-corrected chi connectivity index (χ3v) is 27.0. The van der Waals surface area contributed by atoms with Gasteiger partial charge in [-0.05, 0) is 119 Å². The van der Waals surface area contributed by atoms with E-state index >= 15 is 0 Å². The fraction of sp³-hybridized carbons (Fsp3) is 0. The van der Waals surface area contributed by atoms with Crippen molar-refractivity contribution in [1.82, 2.24) is 43.6 Å². The van der Waals surface area contributed by atoms with Crippen molar-refractivity contribution < 1.29 is 13.3 Å². The number of rotatable bonds is 11. The molecule has 12 nitrogen and oxygen atoms in total. The molecule has 0 atom stereocenters. The Bertz CT molecular complexity index is 9870. The van der Waals surface area contributed by atoms with Gasteiger partial charge in [0.15, 0.2) is 34.2 Å². The Labute approximate surface area is 789 Å². The van der Waals surface area contributed by atoms with Gasteiger partial charge in [-0.25, -0.2) is 29.9 Å². The van der Waals surface area contributed by atoms with Gasteiger partial charge >= 0.3 is 0 Å². The molecule has 0 fully saturated rings. The zero-order valence-corrected chi connectivity index (χ0v) is 74.2. The Hall–Kier alpha value is -18.8. The largest absolute Gasteiger partial charge is 0.454 e. The zero-order valence-electron chi connectivity index (χ0n) is 74.2. The summed E-state index contributed by atoms with van der Waals surface area (Å²) in [5.41, 5.74) is 31.1. The first kappa shape index (κ1) is 79.0. The van der Waals surface area contributed by atoms with Crippen molar-refractivity contribution in [3.05, 3.63) is 467 Å². The van der Waals surface area contributed by atoms with Crippen LogP contribution in [0.2, 0.25) is 0 Å². The van der Waals surface area contributed by atoms with Crippen LogP contribution in [-0.2, 0) is 0 Å². The molecular weight excluding hydrogens is 1690 g/mol. The summed E-state index contributed by atoms with van der Waals surface area (Å²) < 4.78 is 27.4. The summed E-state index contributed by atoms with van der Waals surface area (Å²) >= 11 is 0. The molecule has 0 saturated carbocycles. The van der Waals surface area contributed by atoms with E-state index in [9.17, 15) is 0 Å². The average molecular weight is 1770 g/mol. The quantitative estimate of drug-likeness (QED) is 0.124. The number of benzene rings is 20. The summed E-state index contributed by atoms with van der Waals surface area (Å²) in [4.78, 5) is 30.4. The van der Waals surface area contributed by atoms with Gasteiger partial charge in [0.1, 0.15) is 16.7 Å². The summed E-state index contributed by atoms with van der Waals surface area (Å²) in [6, 6.07) is 162. The molecule has 9 aromatic heterocycles. The molecule has 0 unspecified atom stereocenters. The highest BCUT2D eigenvalue weighted by atomic mass is 16.3. The molecule has 0 aliphatic carbocycles. The molecule has 0 spiro atoms. The summed E-state index contributed by atoms with van der Waals surface area (Å²) in [5.74, 6) is 2.12. The number of hydrogen-bond acceptors (Lipinski definition) is 9. The van der Waals surface area contributed by atoms with Crippen LogP contribution in [0.25, 0.3) is 271 Å². The molecule has 0 aliphatic rings. The van der Waals surface area contributed by atoms with Crippen molar-refractivity contribution in [2.75, 3.05) is 0 Å². The Balaban J connectivity index is 0.000000105. The molecule has 29 aromatic rings. The van der Waals surface area contributed by atoms with Crippen molar-refractivity contribution in [1.29, 1.82) is 0 Å². The second-order valence-corrected chi connectivity index (χ2v) is 34.9.